The van der Waals surface area contributed by atoms with Crippen molar-refractivity contribution in [3.05, 3.63) is 82.6 Å². The molecule has 0 amide bonds. The molecular formula is C23H28N2. The summed E-state index contributed by atoms with van der Waals surface area (Å²) in [6, 6.07) is 8.90. The van der Waals surface area contributed by atoms with Gasteiger partial charge in [-0.25, -0.2) is 0 Å². The number of rotatable bonds is 6. The Morgan fingerprint density at radius 3 is 2.80 bits per heavy atom. The normalized spacial score (nSPS) is 15.2. The Labute approximate surface area is 152 Å². The van der Waals surface area contributed by atoms with Crippen molar-refractivity contribution in [2.75, 3.05) is 6.54 Å². The van der Waals surface area contributed by atoms with Gasteiger partial charge >= 0.3 is 0 Å². The van der Waals surface area contributed by atoms with Gasteiger partial charge in [-0.1, -0.05) is 43.0 Å². The third kappa shape index (κ3) is 5.22. The van der Waals surface area contributed by atoms with Gasteiger partial charge in [-0.2, -0.15) is 5.26 Å². The molecule has 0 atom stereocenters. The van der Waals surface area contributed by atoms with Gasteiger partial charge in [-0.15, -0.1) is 0 Å². The molecule has 130 valence electrons. The highest BCUT2D eigenvalue weighted by Crippen LogP contribution is 2.25. The van der Waals surface area contributed by atoms with E-state index in [-0.39, 0.29) is 0 Å². The van der Waals surface area contributed by atoms with E-state index >= 15 is 0 Å². The first kappa shape index (κ1) is 18.8. The summed E-state index contributed by atoms with van der Waals surface area (Å²) >= 11 is 0. The van der Waals surface area contributed by atoms with Gasteiger partial charge in [0.05, 0.1) is 6.07 Å². The van der Waals surface area contributed by atoms with E-state index in [0.29, 0.717) is 5.57 Å². The van der Waals surface area contributed by atoms with Crippen LogP contribution in [0.1, 0.15) is 43.9 Å². The number of aryl methyl sites for hydroxylation is 1. The molecule has 1 aliphatic rings. The van der Waals surface area contributed by atoms with Crippen LogP contribution in [0.25, 0.3) is 0 Å². The zero-order valence-electron chi connectivity index (χ0n) is 15.7. The molecule has 2 heteroatoms. The maximum Gasteiger partial charge on any atom is 0.0940 e. The first-order chi connectivity index (χ1) is 12.1. The smallest absolute Gasteiger partial charge is 0.0940 e. The van der Waals surface area contributed by atoms with E-state index in [9.17, 15) is 0 Å². The summed E-state index contributed by atoms with van der Waals surface area (Å²) in [5.74, 6) is 0. The highest BCUT2D eigenvalue weighted by molar-refractivity contribution is 5.37. The average molecular weight is 332 g/mol. The van der Waals surface area contributed by atoms with E-state index in [1.54, 1.807) is 0 Å². The Morgan fingerprint density at radius 1 is 1.32 bits per heavy atom. The highest BCUT2D eigenvalue weighted by atomic mass is 15.1. The number of nitriles is 1. The van der Waals surface area contributed by atoms with Crippen LogP contribution in [0, 0.1) is 11.3 Å². The molecule has 0 N–H and O–H groups in total. The standard InChI is InChI=1S/C23H28N2/c1-5-7-18(3)14-23(6-2)25-13-12-21-11-10-20(15-22(21)17-25)9-8-19(4)16-24/h5-7,10-11,14-15H,4,8-9,12-13,17H2,1-3H3/b7-5+,18-14-,23-6+. The number of hydrogen-bond acceptors (Lipinski definition) is 2. The van der Waals surface area contributed by atoms with Gasteiger partial charge in [0.15, 0.2) is 0 Å². The number of fused-ring (bicyclic) bond motifs is 1. The van der Waals surface area contributed by atoms with Crippen LogP contribution in [-0.4, -0.2) is 11.4 Å². The minimum atomic E-state index is 0.653. The molecule has 0 spiro atoms. The van der Waals surface area contributed by atoms with Gasteiger partial charge in [-0.3, -0.25) is 0 Å². The van der Waals surface area contributed by atoms with E-state index in [1.165, 1.54) is 28.0 Å². The topological polar surface area (TPSA) is 27.0 Å². The molecule has 25 heavy (non-hydrogen) atoms. The SMILES string of the molecule is C=C(C#N)CCc1ccc2c(c1)CN(C(/C=C(C)\C=C\C)=C/C)CC2. The number of hydrogen-bond donors (Lipinski definition) is 0. The van der Waals surface area contributed by atoms with Gasteiger partial charge in [0.25, 0.3) is 0 Å². The molecule has 0 fully saturated rings. The quantitative estimate of drug-likeness (QED) is 0.509. The minimum Gasteiger partial charge on any atom is -0.367 e. The summed E-state index contributed by atoms with van der Waals surface area (Å²) in [7, 11) is 0. The summed E-state index contributed by atoms with van der Waals surface area (Å²) in [5, 5.41) is 8.87. The van der Waals surface area contributed by atoms with Gasteiger partial charge in [0, 0.05) is 24.4 Å². The lowest BCUT2D eigenvalue weighted by molar-refractivity contribution is 0.331. The largest absolute Gasteiger partial charge is 0.367 e. The summed E-state index contributed by atoms with van der Waals surface area (Å²) in [6.07, 6.45) is 11.4. The van der Waals surface area contributed by atoms with Crippen LogP contribution in [0.15, 0.2) is 65.9 Å². The summed E-state index contributed by atoms with van der Waals surface area (Å²) < 4.78 is 0. The van der Waals surface area contributed by atoms with Crippen molar-refractivity contribution in [1.29, 1.82) is 5.26 Å². The van der Waals surface area contributed by atoms with E-state index in [0.717, 1.165) is 32.4 Å². The Kier molecular flexibility index (Phi) is 6.83. The second-order valence-corrected chi connectivity index (χ2v) is 6.59. The van der Waals surface area contributed by atoms with Crippen molar-refractivity contribution in [3.8, 4) is 6.07 Å². The van der Waals surface area contributed by atoms with Crippen molar-refractivity contribution in [1.82, 2.24) is 4.90 Å². The lowest BCUT2D eigenvalue weighted by Crippen LogP contribution is -2.29. The molecule has 0 aliphatic carbocycles. The third-order valence-corrected chi connectivity index (χ3v) is 4.62. The Hall–Kier alpha value is -2.53. The lowest BCUT2D eigenvalue weighted by atomic mass is 9.95. The number of allylic oxidation sites excluding steroid dienone is 6. The Balaban J connectivity index is 2.14. The van der Waals surface area contributed by atoms with Crippen LogP contribution >= 0.6 is 0 Å². The number of benzene rings is 1. The zero-order valence-corrected chi connectivity index (χ0v) is 15.7. The zero-order chi connectivity index (χ0) is 18.2. The number of nitrogens with zero attached hydrogens (tertiary/aromatic N) is 2. The molecule has 0 radical (unpaired) electrons. The van der Waals surface area contributed by atoms with Crippen LogP contribution in [0.5, 0.6) is 0 Å². The second-order valence-electron chi connectivity index (χ2n) is 6.59. The molecule has 2 rings (SSSR count). The molecule has 0 bridgehead atoms. The second kappa shape index (κ2) is 9.08. The summed E-state index contributed by atoms with van der Waals surface area (Å²) in [5.41, 5.74) is 7.35. The van der Waals surface area contributed by atoms with Gasteiger partial charge in [0.1, 0.15) is 0 Å². The molecule has 2 nitrogen and oxygen atoms in total. The molecule has 1 heterocycles. The van der Waals surface area contributed by atoms with Crippen LogP contribution in [0.3, 0.4) is 0 Å². The van der Waals surface area contributed by atoms with Crippen LogP contribution in [-0.2, 0) is 19.4 Å². The van der Waals surface area contributed by atoms with Crippen molar-refractivity contribution < 1.29 is 0 Å². The maximum atomic E-state index is 8.87. The molecule has 1 aliphatic heterocycles. The van der Waals surface area contributed by atoms with Crippen molar-refractivity contribution in [2.24, 2.45) is 0 Å². The predicted molar refractivity (Wildman–Crippen MR) is 106 cm³/mol. The molecule has 1 aromatic rings. The van der Waals surface area contributed by atoms with E-state index in [4.69, 9.17) is 5.26 Å². The van der Waals surface area contributed by atoms with E-state index in [2.05, 4.69) is 73.9 Å². The van der Waals surface area contributed by atoms with Crippen molar-refractivity contribution in [2.45, 2.75) is 46.6 Å². The van der Waals surface area contributed by atoms with E-state index < -0.39 is 0 Å². The molecule has 0 aromatic heterocycles. The molecule has 0 unspecified atom stereocenters. The fourth-order valence-corrected chi connectivity index (χ4v) is 3.24. The van der Waals surface area contributed by atoms with Gasteiger partial charge in [0.2, 0.25) is 0 Å². The average Bonchev–Trinajstić information content (AvgIpc) is 2.63. The molecule has 0 saturated carbocycles. The third-order valence-electron chi connectivity index (χ3n) is 4.62. The first-order valence-electron chi connectivity index (χ1n) is 8.98. The predicted octanol–water partition coefficient (Wildman–Crippen LogP) is 5.48. The summed E-state index contributed by atoms with van der Waals surface area (Å²) in [6.45, 7) is 12.1. The van der Waals surface area contributed by atoms with Crippen LogP contribution in [0.4, 0.5) is 0 Å². The fraction of sp³-hybridized carbons (Fsp3) is 0.348. The van der Waals surface area contributed by atoms with Crippen molar-refractivity contribution in [3.63, 3.8) is 0 Å². The lowest BCUT2D eigenvalue weighted by Gasteiger charge is -2.32. The fourth-order valence-electron chi connectivity index (χ4n) is 3.24. The van der Waals surface area contributed by atoms with Crippen molar-refractivity contribution >= 4 is 0 Å². The van der Waals surface area contributed by atoms with Crippen LogP contribution < -0.4 is 0 Å². The molecule has 0 saturated heterocycles. The Bertz CT molecular complexity index is 757. The highest BCUT2D eigenvalue weighted by Gasteiger charge is 2.17. The van der Waals surface area contributed by atoms with E-state index in [1.807, 2.05) is 6.92 Å². The maximum absolute atomic E-state index is 8.87. The van der Waals surface area contributed by atoms with Crippen LogP contribution in [0.2, 0.25) is 0 Å². The molecule has 1 aromatic carbocycles. The summed E-state index contributed by atoms with van der Waals surface area (Å²) in [4.78, 5) is 2.45. The first-order valence-corrected chi connectivity index (χ1v) is 8.98. The van der Waals surface area contributed by atoms with Gasteiger partial charge < -0.3 is 4.90 Å². The molecular weight excluding hydrogens is 304 g/mol. The Morgan fingerprint density at radius 2 is 2.12 bits per heavy atom. The minimum absolute atomic E-state index is 0.653. The monoisotopic (exact) mass is 332 g/mol. The van der Waals surface area contributed by atoms with Gasteiger partial charge in [-0.05, 0) is 68.4 Å².